The van der Waals surface area contributed by atoms with E-state index in [0.29, 0.717) is 32.5 Å². The first-order chi connectivity index (χ1) is 8.13. The van der Waals surface area contributed by atoms with Crippen LogP contribution in [0, 0.1) is 5.92 Å². The van der Waals surface area contributed by atoms with Gasteiger partial charge >= 0.3 is 0 Å². The summed E-state index contributed by atoms with van der Waals surface area (Å²) in [5.41, 5.74) is 0. The van der Waals surface area contributed by atoms with Crippen LogP contribution in [-0.4, -0.2) is 65.4 Å². The van der Waals surface area contributed by atoms with Crippen LogP contribution in [0.1, 0.15) is 12.8 Å². The van der Waals surface area contributed by atoms with Crippen LogP contribution in [0.2, 0.25) is 0 Å². The van der Waals surface area contributed by atoms with E-state index in [1.165, 1.54) is 24.7 Å². The molecule has 0 saturated carbocycles. The van der Waals surface area contributed by atoms with Gasteiger partial charge in [-0.3, -0.25) is 0 Å². The van der Waals surface area contributed by atoms with Crippen LogP contribution in [-0.2, 0) is 20.2 Å². The van der Waals surface area contributed by atoms with Crippen molar-refractivity contribution < 1.29 is 16.8 Å². The Balaban J connectivity index is 2.42. The van der Waals surface area contributed by atoms with Gasteiger partial charge in [0.2, 0.25) is 10.0 Å². The lowest BCUT2D eigenvalue weighted by Crippen LogP contribution is -2.43. The fourth-order valence-electron chi connectivity index (χ4n) is 1.80. The number of hydrogen-bond acceptors (Lipinski definition) is 4. The first kappa shape index (κ1) is 15.8. The lowest BCUT2D eigenvalue weighted by molar-refractivity contribution is 0.275. The molecule has 108 valence electrons. The minimum absolute atomic E-state index is 0.192. The van der Waals surface area contributed by atoms with Crippen molar-refractivity contribution in [2.75, 3.05) is 40.0 Å². The highest BCUT2D eigenvalue weighted by atomic mass is 32.2. The molecule has 0 bridgehead atoms. The van der Waals surface area contributed by atoms with Crippen LogP contribution in [0.4, 0.5) is 0 Å². The van der Waals surface area contributed by atoms with Crippen molar-refractivity contribution in [3.63, 3.8) is 0 Å². The average molecular weight is 299 g/mol. The SMILES string of the molecule is CN(C)S(=O)(=O)NCC1CCN(S(C)(=O)=O)CC1. The van der Waals surface area contributed by atoms with E-state index in [0.717, 1.165) is 4.31 Å². The maximum absolute atomic E-state index is 11.5. The summed E-state index contributed by atoms with van der Waals surface area (Å²) < 4.78 is 50.7. The molecule has 0 aromatic rings. The Labute approximate surface area is 109 Å². The summed E-state index contributed by atoms with van der Waals surface area (Å²) in [7, 11) is -3.57. The Morgan fingerprint density at radius 1 is 1.17 bits per heavy atom. The molecule has 0 aromatic heterocycles. The second-order valence-corrected chi connectivity index (χ2v) is 8.69. The fourth-order valence-corrected chi connectivity index (χ4v) is 3.38. The van der Waals surface area contributed by atoms with Gasteiger partial charge in [0.25, 0.3) is 10.2 Å². The fraction of sp³-hybridized carbons (Fsp3) is 1.00. The topological polar surface area (TPSA) is 86.8 Å². The van der Waals surface area contributed by atoms with E-state index in [9.17, 15) is 16.8 Å². The van der Waals surface area contributed by atoms with E-state index in [4.69, 9.17) is 0 Å². The molecule has 1 heterocycles. The third-order valence-corrected chi connectivity index (χ3v) is 5.87. The van der Waals surface area contributed by atoms with Gasteiger partial charge in [0.1, 0.15) is 0 Å². The summed E-state index contributed by atoms with van der Waals surface area (Å²) in [6.07, 6.45) is 2.56. The molecule has 0 radical (unpaired) electrons. The Kier molecular flexibility index (Phi) is 5.13. The smallest absolute Gasteiger partial charge is 0.213 e. The van der Waals surface area contributed by atoms with Crippen molar-refractivity contribution in [2.45, 2.75) is 12.8 Å². The molecule has 0 aromatic carbocycles. The first-order valence-electron chi connectivity index (χ1n) is 5.75. The highest BCUT2D eigenvalue weighted by Crippen LogP contribution is 2.18. The van der Waals surface area contributed by atoms with E-state index in [-0.39, 0.29) is 5.92 Å². The summed E-state index contributed by atoms with van der Waals surface area (Å²) in [5.74, 6) is 0.192. The van der Waals surface area contributed by atoms with Gasteiger partial charge in [-0.2, -0.15) is 12.7 Å². The molecule has 1 saturated heterocycles. The largest absolute Gasteiger partial charge is 0.278 e. The maximum atomic E-state index is 11.5. The molecular formula is C9H21N3O4S2. The number of hydrogen-bond donors (Lipinski definition) is 1. The second-order valence-electron chi connectivity index (χ2n) is 4.74. The van der Waals surface area contributed by atoms with E-state index in [1.54, 1.807) is 0 Å². The molecule has 0 amide bonds. The van der Waals surface area contributed by atoms with E-state index in [1.807, 2.05) is 0 Å². The average Bonchev–Trinajstić information content (AvgIpc) is 2.25. The Morgan fingerprint density at radius 2 is 1.67 bits per heavy atom. The third kappa shape index (κ3) is 4.47. The standard InChI is InChI=1S/C9H21N3O4S2/c1-11(2)18(15,16)10-8-9-4-6-12(7-5-9)17(3,13)14/h9-10H,4-8H2,1-3H3. The monoisotopic (exact) mass is 299 g/mol. The molecule has 9 heteroatoms. The predicted octanol–water partition coefficient (Wildman–Crippen LogP) is -0.946. The number of nitrogens with zero attached hydrogens (tertiary/aromatic N) is 2. The minimum Gasteiger partial charge on any atom is -0.213 e. The van der Waals surface area contributed by atoms with Crippen molar-refractivity contribution in [2.24, 2.45) is 5.92 Å². The number of nitrogens with one attached hydrogen (secondary N) is 1. The number of rotatable bonds is 5. The van der Waals surface area contributed by atoms with Crippen LogP contribution in [0.5, 0.6) is 0 Å². The molecule has 0 aliphatic carbocycles. The summed E-state index contributed by atoms with van der Waals surface area (Å²) in [5, 5.41) is 0. The van der Waals surface area contributed by atoms with Crippen LogP contribution < -0.4 is 4.72 Å². The van der Waals surface area contributed by atoms with Gasteiger partial charge in [-0.25, -0.2) is 17.4 Å². The van der Waals surface area contributed by atoms with Crippen molar-refractivity contribution in [3.8, 4) is 0 Å². The van der Waals surface area contributed by atoms with Gasteiger partial charge in [-0.1, -0.05) is 0 Å². The van der Waals surface area contributed by atoms with Gasteiger partial charge < -0.3 is 0 Å². The van der Waals surface area contributed by atoms with Gasteiger partial charge in [0.05, 0.1) is 6.26 Å². The maximum Gasteiger partial charge on any atom is 0.278 e. The molecule has 1 aliphatic heterocycles. The molecule has 1 N–H and O–H groups in total. The zero-order valence-corrected chi connectivity index (χ0v) is 12.6. The normalized spacial score (nSPS) is 20.4. The van der Waals surface area contributed by atoms with Crippen LogP contribution >= 0.6 is 0 Å². The second kappa shape index (κ2) is 5.83. The number of piperidine rings is 1. The highest BCUT2D eigenvalue weighted by molar-refractivity contribution is 7.88. The van der Waals surface area contributed by atoms with Crippen LogP contribution in [0.25, 0.3) is 0 Å². The molecule has 1 fully saturated rings. The molecule has 1 aliphatic rings. The zero-order chi connectivity index (χ0) is 14.0. The van der Waals surface area contributed by atoms with Gasteiger partial charge in [0, 0.05) is 33.7 Å². The predicted molar refractivity (Wildman–Crippen MR) is 69.8 cm³/mol. The Morgan fingerprint density at radius 3 is 2.06 bits per heavy atom. The van der Waals surface area contributed by atoms with Crippen molar-refractivity contribution in [3.05, 3.63) is 0 Å². The lowest BCUT2D eigenvalue weighted by atomic mass is 9.99. The summed E-state index contributed by atoms with van der Waals surface area (Å²) in [6.45, 7) is 1.29. The molecular weight excluding hydrogens is 278 g/mol. The van der Waals surface area contributed by atoms with E-state index in [2.05, 4.69) is 4.72 Å². The molecule has 0 atom stereocenters. The van der Waals surface area contributed by atoms with Crippen LogP contribution in [0.3, 0.4) is 0 Å². The molecule has 0 spiro atoms. The molecule has 0 unspecified atom stereocenters. The van der Waals surface area contributed by atoms with Crippen molar-refractivity contribution in [1.29, 1.82) is 0 Å². The summed E-state index contributed by atoms with van der Waals surface area (Å²) in [6, 6.07) is 0. The summed E-state index contributed by atoms with van der Waals surface area (Å²) in [4.78, 5) is 0. The number of sulfonamides is 1. The lowest BCUT2D eigenvalue weighted by Gasteiger charge is -2.30. The third-order valence-electron chi connectivity index (χ3n) is 3.08. The quantitative estimate of drug-likeness (QED) is 0.709. The van der Waals surface area contributed by atoms with E-state index < -0.39 is 20.2 Å². The Bertz CT molecular complexity index is 464. The van der Waals surface area contributed by atoms with Gasteiger partial charge in [-0.15, -0.1) is 0 Å². The summed E-state index contributed by atoms with van der Waals surface area (Å²) >= 11 is 0. The van der Waals surface area contributed by atoms with Gasteiger partial charge in [-0.05, 0) is 18.8 Å². The van der Waals surface area contributed by atoms with Crippen molar-refractivity contribution >= 4 is 20.2 Å². The van der Waals surface area contributed by atoms with E-state index >= 15 is 0 Å². The highest BCUT2D eigenvalue weighted by Gasteiger charge is 2.25. The molecule has 7 nitrogen and oxygen atoms in total. The van der Waals surface area contributed by atoms with Gasteiger partial charge in [0.15, 0.2) is 0 Å². The molecule has 18 heavy (non-hydrogen) atoms. The van der Waals surface area contributed by atoms with Crippen LogP contribution in [0.15, 0.2) is 0 Å². The molecule has 1 rings (SSSR count). The minimum atomic E-state index is -3.39. The Hall–Kier alpha value is -0.220. The van der Waals surface area contributed by atoms with Crippen molar-refractivity contribution in [1.82, 2.24) is 13.3 Å². The zero-order valence-electron chi connectivity index (χ0n) is 11.0. The first-order valence-corrected chi connectivity index (χ1v) is 9.04.